The van der Waals surface area contributed by atoms with Gasteiger partial charge in [-0.15, -0.1) is 0 Å². The van der Waals surface area contributed by atoms with E-state index >= 15 is 0 Å². The van der Waals surface area contributed by atoms with Crippen LogP contribution in [0.4, 0.5) is 18.9 Å². The van der Waals surface area contributed by atoms with Gasteiger partial charge in [-0.1, -0.05) is 25.4 Å². The molecule has 9 heteroatoms. The first-order chi connectivity index (χ1) is 12.0. The van der Waals surface area contributed by atoms with Crippen LogP contribution in [0.1, 0.15) is 30.9 Å². The average molecular weight is 408 g/mol. The Bertz CT molecular complexity index is 912. The predicted molar refractivity (Wildman–Crippen MR) is 94.3 cm³/mol. The third-order valence-corrected chi connectivity index (χ3v) is 5.36. The molecule has 0 spiro atoms. The summed E-state index contributed by atoms with van der Waals surface area (Å²) in [5, 5.41) is -0.140. The highest BCUT2D eigenvalue weighted by Gasteiger charge is 2.31. The zero-order chi connectivity index (χ0) is 19.7. The second-order valence-electron chi connectivity index (χ2n) is 5.86. The van der Waals surface area contributed by atoms with E-state index in [1.165, 1.54) is 25.3 Å². The number of nitrogens with one attached hydrogen (secondary N) is 1. The summed E-state index contributed by atoms with van der Waals surface area (Å²) in [6.45, 7) is 3.73. The lowest BCUT2D eigenvalue weighted by molar-refractivity contribution is -0.137. The number of anilines is 1. The van der Waals surface area contributed by atoms with Gasteiger partial charge in [-0.3, -0.25) is 4.72 Å². The van der Waals surface area contributed by atoms with Gasteiger partial charge in [0.2, 0.25) is 0 Å². The molecule has 0 radical (unpaired) electrons. The summed E-state index contributed by atoms with van der Waals surface area (Å²) in [5.74, 6) is 0.508. The van der Waals surface area contributed by atoms with Crippen LogP contribution in [0.25, 0.3) is 0 Å². The highest BCUT2D eigenvalue weighted by Crippen LogP contribution is 2.35. The van der Waals surface area contributed by atoms with E-state index in [2.05, 4.69) is 4.72 Å². The van der Waals surface area contributed by atoms with Crippen molar-refractivity contribution < 1.29 is 26.3 Å². The average Bonchev–Trinajstić information content (AvgIpc) is 2.54. The summed E-state index contributed by atoms with van der Waals surface area (Å²) in [4.78, 5) is -0.101. The van der Waals surface area contributed by atoms with Gasteiger partial charge < -0.3 is 4.74 Å². The van der Waals surface area contributed by atoms with Gasteiger partial charge in [0.1, 0.15) is 5.75 Å². The topological polar surface area (TPSA) is 55.4 Å². The molecule has 1 N–H and O–H groups in total. The summed E-state index contributed by atoms with van der Waals surface area (Å²) in [6.07, 6.45) is -4.62. The van der Waals surface area contributed by atoms with Crippen molar-refractivity contribution in [1.29, 1.82) is 0 Å². The van der Waals surface area contributed by atoms with Crippen LogP contribution >= 0.6 is 11.6 Å². The van der Waals surface area contributed by atoms with Crippen LogP contribution < -0.4 is 9.46 Å². The smallest absolute Gasteiger partial charge is 0.416 e. The normalized spacial score (nSPS) is 12.3. The third-order valence-electron chi connectivity index (χ3n) is 3.67. The van der Waals surface area contributed by atoms with Gasteiger partial charge in [0.25, 0.3) is 10.0 Å². The molecule has 0 aliphatic carbocycles. The maximum absolute atomic E-state index is 12.8. The number of sulfonamides is 1. The van der Waals surface area contributed by atoms with E-state index in [4.69, 9.17) is 16.3 Å². The number of methoxy groups -OCH3 is 1. The van der Waals surface area contributed by atoms with E-state index in [9.17, 15) is 21.6 Å². The van der Waals surface area contributed by atoms with Gasteiger partial charge in [0.15, 0.2) is 0 Å². The quantitative estimate of drug-likeness (QED) is 0.732. The number of alkyl halides is 3. The molecule has 142 valence electrons. The zero-order valence-electron chi connectivity index (χ0n) is 14.2. The van der Waals surface area contributed by atoms with Crippen molar-refractivity contribution in [2.45, 2.75) is 30.8 Å². The van der Waals surface area contributed by atoms with Crippen molar-refractivity contribution >= 4 is 27.3 Å². The van der Waals surface area contributed by atoms with Gasteiger partial charge in [-0.2, -0.15) is 13.2 Å². The molecule has 26 heavy (non-hydrogen) atoms. The summed E-state index contributed by atoms with van der Waals surface area (Å²) in [7, 11) is -2.67. The molecule has 0 aromatic heterocycles. The molecular weight excluding hydrogens is 391 g/mol. The fraction of sp³-hybridized carbons (Fsp3) is 0.294. The number of hydrogen-bond donors (Lipinski definition) is 1. The van der Waals surface area contributed by atoms with Crippen LogP contribution in [0, 0.1) is 0 Å². The summed E-state index contributed by atoms with van der Waals surface area (Å²) in [6, 6.07) is 6.67. The SMILES string of the molecule is COc1ccc(S(=O)(=O)Nc2cc(C(F)(F)F)ccc2Cl)cc1C(C)C. The third kappa shape index (κ3) is 4.42. The lowest BCUT2D eigenvalue weighted by Gasteiger charge is -2.16. The second-order valence-corrected chi connectivity index (χ2v) is 7.95. The van der Waals surface area contributed by atoms with Gasteiger partial charge in [0, 0.05) is 0 Å². The monoisotopic (exact) mass is 407 g/mol. The van der Waals surface area contributed by atoms with Crippen LogP contribution in [0.2, 0.25) is 5.02 Å². The minimum atomic E-state index is -4.62. The number of hydrogen-bond acceptors (Lipinski definition) is 3. The Kier molecular flexibility index (Phi) is 5.77. The van der Waals surface area contributed by atoms with E-state index < -0.39 is 21.8 Å². The van der Waals surface area contributed by atoms with Crippen molar-refractivity contribution in [3.05, 3.63) is 52.5 Å². The highest BCUT2D eigenvalue weighted by atomic mass is 35.5. The van der Waals surface area contributed by atoms with E-state index in [1.807, 2.05) is 13.8 Å². The molecule has 0 saturated carbocycles. The van der Waals surface area contributed by atoms with Crippen LogP contribution in [-0.2, 0) is 16.2 Å². The lowest BCUT2D eigenvalue weighted by atomic mass is 10.0. The Morgan fingerprint density at radius 1 is 1.12 bits per heavy atom. The van der Waals surface area contributed by atoms with Crippen molar-refractivity contribution in [2.75, 3.05) is 11.8 Å². The molecule has 0 aliphatic heterocycles. The van der Waals surface area contributed by atoms with Crippen LogP contribution in [-0.4, -0.2) is 15.5 Å². The molecule has 0 atom stereocenters. The summed E-state index contributed by atoms with van der Waals surface area (Å²) in [5.41, 5.74) is -0.689. The second kappa shape index (κ2) is 7.36. The maximum atomic E-state index is 12.8. The van der Waals surface area contributed by atoms with Crippen LogP contribution in [0.3, 0.4) is 0 Å². The Hall–Kier alpha value is -1.93. The zero-order valence-corrected chi connectivity index (χ0v) is 15.8. The standard InChI is InChI=1S/C17H17ClF3NO3S/c1-10(2)13-9-12(5-7-16(13)25-3)26(23,24)22-15-8-11(17(19,20)21)4-6-14(15)18/h4-10,22H,1-3H3. The Morgan fingerprint density at radius 3 is 2.31 bits per heavy atom. The van der Waals surface area contributed by atoms with Crippen LogP contribution in [0.5, 0.6) is 5.75 Å². The van der Waals surface area contributed by atoms with E-state index in [0.29, 0.717) is 17.4 Å². The Labute approximate surface area is 155 Å². The molecule has 0 heterocycles. The van der Waals surface area contributed by atoms with Gasteiger partial charge in [-0.25, -0.2) is 8.42 Å². The van der Waals surface area contributed by atoms with Crippen molar-refractivity contribution in [3.8, 4) is 5.75 Å². The lowest BCUT2D eigenvalue weighted by Crippen LogP contribution is -2.15. The first-order valence-corrected chi connectivity index (χ1v) is 9.39. The number of halogens is 4. The fourth-order valence-corrected chi connectivity index (χ4v) is 3.64. The minimum Gasteiger partial charge on any atom is -0.496 e. The molecule has 4 nitrogen and oxygen atoms in total. The molecule has 2 aromatic rings. The number of rotatable bonds is 5. The molecule has 0 bridgehead atoms. The first-order valence-electron chi connectivity index (χ1n) is 7.53. The number of ether oxygens (including phenoxy) is 1. The molecule has 0 amide bonds. The largest absolute Gasteiger partial charge is 0.496 e. The van der Waals surface area contributed by atoms with E-state index in [1.54, 1.807) is 0 Å². The molecule has 2 aromatic carbocycles. The molecule has 0 unspecified atom stereocenters. The fourth-order valence-electron chi connectivity index (χ4n) is 2.31. The van der Waals surface area contributed by atoms with Crippen molar-refractivity contribution in [2.24, 2.45) is 0 Å². The number of benzene rings is 2. The first kappa shape index (κ1) is 20.4. The molecule has 0 aliphatic rings. The van der Waals surface area contributed by atoms with E-state index in [-0.39, 0.29) is 21.5 Å². The van der Waals surface area contributed by atoms with Crippen molar-refractivity contribution in [1.82, 2.24) is 0 Å². The predicted octanol–water partition coefficient (Wildman–Crippen LogP) is 5.29. The van der Waals surface area contributed by atoms with Gasteiger partial charge in [-0.05, 0) is 47.9 Å². The Balaban J connectivity index is 2.45. The van der Waals surface area contributed by atoms with Crippen molar-refractivity contribution in [3.63, 3.8) is 0 Å². The summed E-state index contributed by atoms with van der Waals surface area (Å²) >= 11 is 5.85. The maximum Gasteiger partial charge on any atom is 0.416 e. The minimum absolute atomic E-state index is 0.0164. The van der Waals surface area contributed by atoms with Gasteiger partial charge in [0.05, 0.1) is 28.3 Å². The van der Waals surface area contributed by atoms with Gasteiger partial charge >= 0.3 is 6.18 Å². The molecule has 0 saturated heterocycles. The van der Waals surface area contributed by atoms with Crippen LogP contribution in [0.15, 0.2) is 41.3 Å². The summed E-state index contributed by atoms with van der Waals surface area (Å²) < 4.78 is 71.1. The molecule has 2 rings (SSSR count). The highest BCUT2D eigenvalue weighted by molar-refractivity contribution is 7.92. The Morgan fingerprint density at radius 2 is 1.77 bits per heavy atom. The molecule has 0 fully saturated rings. The molecular formula is C17H17ClF3NO3S. The van der Waals surface area contributed by atoms with E-state index in [0.717, 1.165) is 12.1 Å².